The second-order valence-electron chi connectivity index (χ2n) is 8.37. The van der Waals surface area contributed by atoms with E-state index in [2.05, 4.69) is 19.2 Å². The summed E-state index contributed by atoms with van der Waals surface area (Å²) in [5.41, 5.74) is 1.51. The lowest BCUT2D eigenvalue weighted by molar-refractivity contribution is -0.120. The van der Waals surface area contributed by atoms with Gasteiger partial charge in [0.05, 0.1) is 17.1 Å². The molecule has 1 heterocycles. The first-order valence-corrected chi connectivity index (χ1v) is 12.6. The third kappa shape index (κ3) is 5.34. The number of anilines is 1. The molecule has 0 fully saturated rings. The Balaban J connectivity index is 1.49. The zero-order valence-corrected chi connectivity index (χ0v) is 20.0. The second kappa shape index (κ2) is 10.2. The molecule has 1 N–H and O–H groups in total. The molecule has 34 heavy (non-hydrogen) atoms. The third-order valence-electron chi connectivity index (χ3n) is 5.56. The Hall–Kier alpha value is -3.52. The molecule has 0 radical (unpaired) electrons. The van der Waals surface area contributed by atoms with Crippen molar-refractivity contribution in [3.63, 3.8) is 0 Å². The van der Waals surface area contributed by atoms with Crippen LogP contribution < -0.4 is 19.1 Å². The summed E-state index contributed by atoms with van der Waals surface area (Å²) in [4.78, 5) is 13.0. The number of nitrogens with zero attached hydrogens (tertiary/aromatic N) is 1. The predicted octanol–water partition coefficient (Wildman–Crippen LogP) is 3.96. The van der Waals surface area contributed by atoms with E-state index in [1.165, 1.54) is 12.1 Å². The van der Waals surface area contributed by atoms with Crippen LogP contribution in [0, 0.1) is 0 Å². The minimum Gasteiger partial charge on any atom is -0.486 e. The summed E-state index contributed by atoms with van der Waals surface area (Å²) >= 11 is 0. The maximum Gasteiger partial charge on any atom is 0.264 e. The molecule has 1 amide bonds. The zero-order chi connectivity index (χ0) is 24.1. The highest BCUT2D eigenvalue weighted by Gasteiger charge is 2.28. The molecule has 0 spiro atoms. The highest BCUT2D eigenvalue weighted by Crippen LogP contribution is 2.30. The molecule has 178 valence electrons. The molecule has 0 aliphatic carbocycles. The second-order valence-corrected chi connectivity index (χ2v) is 10.2. The Morgan fingerprint density at radius 1 is 0.971 bits per heavy atom. The van der Waals surface area contributed by atoms with Gasteiger partial charge in [-0.15, -0.1) is 0 Å². The Bertz CT molecular complexity index is 1230. The Labute approximate surface area is 200 Å². The van der Waals surface area contributed by atoms with Crippen LogP contribution in [0.2, 0.25) is 0 Å². The van der Waals surface area contributed by atoms with Gasteiger partial charge in [-0.25, -0.2) is 8.42 Å². The van der Waals surface area contributed by atoms with E-state index in [1.54, 1.807) is 36.4 Å². The van der Waals surface area contributed by atoms with Crippen LogP contribution in [0.3, 0.4) is 0 Å². The molecule has 1 atom stereocenters. The number of hydrogen-bond acceptors (Lipinski definition) is 5. The average molecular weight is 481 g/mol. The summed E-state index contributed by atoms with van der Waals surface area (Å²) in [6, 6.07) is 22.7. The van der Waals surface area contributed by atoms with Crippen molar-refractivity contribution in [1.29, 1.82) is 0 Å². The van der Waals surface area contributed by atoms with Gasteiger partial charge in [0.25, 0.3) is 10.0 Å². The van der Waals surface area contributed by atoms with Crippen molar-refractivity contribution in [2.45, 2.75) is 30.8 Å². The quantitative estimate of drug-likeness (QED) is 0.528. The van der Waals surface area contributed by atoms with Crippen LogP contribution in [0.4, 0.5) is 5.69 Å². The minimum atomic E-state index is -3.95. The van der Waals surface area contributed by atoms with Gasteiger partial charge in [0.1, 0.15) is 19.3 Å². The van der Waals surface area contributed by atoms with Gasteiger partial charge in [0.15, 0.2) is 11.5 Å². The fourth-order valence-corrected chi connectivity index (χ4v) is 5.08. The van der Waals surface area contributed by atoms with E-state index in [9.17, 15) is 13.2 Å². The first-order chi connectivity index (χ1) is 16.3. The van der Waals surface area contributed by atoms with Crippen LogP contribution >= 0.6 is 0 Å². The third-order valence-corrected chi connectivity index (χ3v) is 7.35. The van der Waals surface area contributed by atoms with Gasteiger partial charge in [-0.3, -0.25) is 9.10 Å². The number of carbonyl (C=O) groups is 1. The van der Waals surface area contributed by atoms with Crippen molar-refractivity contribution < 1.29 is 22.7 Å². The van der Waals surface area contributed by atoms with E-state index in [4.69, 9.17) is 9.47 Å². The minimum absolute atomic E-state index is 0.122. The molecule has 4 rings (SSSR count). The number of nitrogens with one attached hydrogen (secondary N) is 1. The van der Waals surface area contributed by atoms with E-state index in [0.717, 1.165) is 9.87 Å². The number of benzene rings is 3. The van der Waals surface area contributed by atoms with Gasteiger partial charge < -0.3 is 14.8 Å². The molecule has 1 aliphatic rings. The molecule has 8 heteroatoms. The summed E-state index contributed by atoms with van der Waals surface area (Å²) in [6.07, 6.45) is -0.372. The molecule has 3 aromatic carbocycles. The van der Waals surface area contributed by atoms with Gasteiger partial charge in [-0.1, -0.05) is 56.3 Å². The van der Waals surface area contributed by atoms with Gasteiger partial charge in [-0.2, -0.15) is 0 Å². The lowest BCUT2D eigenvalue weighted by Crippen LogP contribution is -2.45. The summed E-state index contributed by atoms with van der Waals surface area (Å²) in [7, 11) is -3.95. The topological polar surface area (TPSA) is 84.9 Å². The number of sulfonamides is 1. The summed E-state index contributed by atoms with van der Waals surface area (Å²) in [5.74, 6) is 1.15. The number of amides is 1. The summed E-state index contributed by atoms with van der Waals surface area (Å²) in [5, 5.41) is 2.79. The Kier molecular flexibility index (Phi) is 7.07. The van der Waals surface area contributed by atoms with Crippen molar-refractivity contribution in [2.24, 2.45) is 0 Å². The van der Waals surface area contributed by atoms with Crippen LogP contribution in [-0.4, -0.2) is 40.1 Å². The molecular formula is C26H28N2O5S. The van der Waals surface area contributed by atoms with E-state index >= 15 is 0 Å². The van der Waals surface area contributed by atoms with Gasteiger partial charge in [0.2, 0.25) is 5.91 Å². The van der Waals surface area contributed by atoms with Crippen LogP contribution in [0.25, 0.3) is 0 Å². The van der Waals surface area contributed by atoms with Gasteiger partial charge in [0, 0.05) is 0 Å². The number of rotatable bonds is 8. The van der Waals surface area contributed by atoms with Crippen molar-refractivity contribution in [3.8, 4) is 11.5 Å². The van der Waals surface area contributed by atoms with Gasteiger partial charge >= 0.3 is 0 Å². The van der Waals surface area contributed by atoms with Crippen molar-refractivity contribution in [3.05, 3.63) is 84.4 Å². The van der Waals surface area contributed by atoms with Crippen molar-refractivity contribution in [1.82, 2.24) is 5.32 Å². The molecule has 0 saturated heterocycles. The molecule has 0 saturated carbocycles. The fraction of sp³-hybridized carbons (Fsp3) is 0.269. The first-order valence-electron chi connectivity index (χ1n) is 11.2. The first kappa shape index (κ1) is 23.6. The molecular weight excluding hydrogens is 452 g/mol. The number of carbonyl (C=O) groups excluding carboxylic acids is 1. The lowest BCUT2D eigenvalue weighted by Gasteiger charge is -2.27. The highest BCUT2D eigenvalue weighted by molar-refractivity contribution is 7.92. The normalized spacial score (nSPS) is 15.1. The molecule has 0 bridgehead atoms. The van der Waals surface area contributed by atoms with Gasteiger partial charge in [-0.05, 0) is 47.9 Å². The molecule has 0 aromatic heterocycles. The standard InChI is InChI=1S/C26H28N2O5S/c1-19(2)20-12-14-21(15-13-20)28(34(30,31)23-8-4-3-5-9-23)17-26(29)27-16-22-18-32-24-10-6-7-11-25(24)33-22/h3-15,19,22H,16-18H2,1-2H3,(H,27,29)/t22-/m1/s1. The number of ether oxygens (including phenoxy) is 2. The smallest absolute Gasteiger partial charge is 0.264 e. The number of hydrogen-bond donors (Lipinski definition) is 1. The number of para-hydroxylation sites is 2. The van der Waals surface area contributed by atoms with Crippen LogP contribution in [0.5, 0.6) is 11.5 Å². The monoisotopic (exact) mass is 480 g/mol. The van der Waals surface area contributed by atoms with Crippen LogP contribution in [0.1, 0.15) is 25.3 Å². The Morgan fingerprint density at radius 2 is 1.62 bits per heavy atom. The van der Waals surface area contributed by atoms with Crippen molar-refractivity contribution in [2.75, 3.05) is 24.0 Å². The largest absolute Gasteiger partial charge is 0.486 e. The highest BCUT2D eigenvalue weighted by atomic mass is 32.2. The van der Waals surface area contributed by atoms with E-state index in [-0.39, 0.29) is 24.1 Å². The zero-order valence-electron chi connectivity index (χ0n) is 19.2. The van der Waals surface area contributed by atoms with E-state index in [1.807, 2.05) is 30.3 Å². The molecule has 7 nitrogen and oxygen atoms in total. The SMILES string of the molecule is CC(C)c1ccc(N(CC(=O)NC[C@@H]2COc3ccccc3O2)S(=O)(=O)c2ccccc2)cc1. The molecule has 3 aromatic rings. The van der Waals surface area contributed by atoms with E-state index in [0.29, 0.717) is 29.7 Å². The summed E-state index contributed by atoms with van der Waals surface area (Å²) in [6.45, 7) is 4.26. The summed E-state index contributed by atoms with van der Waals surface area (Å²) < 4.78 is 39.5. The molecule has 1 aliphatic heterocycles. The fourth-order valence-electron chi connectivity index (χ4n) is 3.64. The maximum absolute atomic E-state index is 13.4. The van der Waals surface area contributed by atoms with E-state index < -0.39 is 15.9 Å². The van der Waals surface area contributed by atoms with Crippen molar-refractivity contribution >= 4 is 21.6 Å². The average Bonchev–Trinajstić information content (AvgIpc) is 2.86. The Morgan fingerprint density at radius 3 is 2.29 bits per heavy atom. The maximum atomic E-state index is 13.4. The number of fused-ring (bicyclic) bond motifs is 1. The molecule has 0 unspecified atom stereocenters. The van der Waals surface area contributed by atoms with Crippen LogP contribution in [-0.2, 0) is 14.8 Å². The lowest BCUT2D eigenvalue weighted by atomic mass is 10.0. The predicted molar refractivity (Wildman–Crippen MR) is 131 cm³/mol. The van der Waals surface area contributed by atoms with Crippen LogP contribution in [0.15, 0.2) is 83.8 Å².